The van der Waals surface area contributed by atoms with Crippen molar-refractivity contribution in [1.82, 2.24) is 30.1 Å². The molecule has 4 amide bonds. The fourth-order valence-corrected chi connectivity index (χ4v) is 8.27. The van der Waals surface area contributed by atoms with Crippen molar-refractivity contribution >= 4 is 46.3 Å². The molecule has 22 nitrogen and oxygen atoms in total. The quantitative estimate of drug-likeness (QED) is 0.100. The third kappa shape index (κ3) is 10.4. The second-order valence-corrected chi connectivity index (χ2v) is 15.8. The number of nitrogens with one attached hydrogen (secondary N) is 3. The number of methoxy groups -OCH3 is 2. The number of aliphatic hydroxyl groups is 4. The molecule has 3 aromatic rings. The molecule has 1 aromatic carbocycles. The fraction of sp³-hybridized carbons (Fsp3) is 0.585. The molecule has 63 heavy (non-hydrogen) atoms. The van der Waals surface area contributed by atoms with Crippen molar-refractivity contribution in [3.8, 4) is 6.07 Å². The molecular weight excluding hydrogens is 827 g/mol. The molecule has 342 valence electrons. The lowest BCUT2D eigenvalue weighted by Gasteiger charge is -2.47. The number of nitrogens with zero attached hydrogens (tertiary/aromatic N) is 6. The van der Waals surface area contributed by atoms with Crippen molar-refractivity contribution in [1.29, 1.82) is 5.26 Å². The van der Waals surface area contributed by atoms with Crippen LogP contribution in [-0.2, 0) is 44.5 Å². The molecule has 7 N–H and O–H groups in total. The van der Waals surface area contributed by atoms with Crippen molar-refractivity contribution < 1.29 is 63.3 Å². The molecule has 0 aliphatic carbocycles. The average Bonchev–Trinajstić information content (AvgIpc) is 3.71. The van der Waals surface area contributed by atoms with Crippen molar-refractivity contribution in [3.63, 3.8) is 0 Å². The third-order valence-corrected chi connectivity index (χ3v) is 11.8. The van der Waals surface area contributed by atoms with Crippen LogP contribution < -0.4 is 20.9 Å². The predicted octanol–water partition coefficient (Wildman–Crippen LogP) is -1.17. The summed E-state index contributed by atoms with van der Waals surface area (Å²) in [6.07, 6.45) is -9.34. The molecule has 4 unspecified atom stereocenters. The minimum atomic E-state index is -1.76. The van der Waals surface area contributed by atoms with Crippen molar-refractivity contribution in [2.75, 3.05) is 57.7 Å². The van der Waals surface area contributed by atoms with E-state index in [9.17, 15) is 39.6 Å². The third-order valence-electron chi connectivity index (χ3n) is 11.8. The Morgan fingerprint density at radius 1 is 1.00 bits per heavy atom. The highest BCUT2D eigenvalue weighted by Crippen LogP contribution is 2.32. The first-order chi connectivity index (χ1) is 30.2. The Hall–Kier alpha value is -5.35. The molecule has 3 aliphatic rings. The maximum absolute atomic E-state index is 13.5. The van der Waals surface area contributed by atoms with Crippen LogP contribution in [0.1, 0.15) is 32.3 Å². The molecule has 12 atom stereocenters. The number of ether oxygens (including phenoxy) is 5. The van der Waals surface area contributed by atoms with Crippen molar-refractivity contribution in [2.24, 2.45) is 5.92 Å². The van der Waals surface area contributed by atoms with Gasteiger partial charge in [-0.1, -0.05) is 19.1 Å². The summed E-state index contributed by atoms with van der Waals surface area (Å²) in [6.45, 7) is 3.83. The van der Waals surface area contributed by atoms with Gasteiger partial charge in [-0.2, -0.15) is 5.26 Å². The van der Waals surface area contributed by atoms with Gasteiger partial charge >= 0.3 is 6.03 Å². The van der Waals surface area contributed by atoms with E-state index >= 15 is 0 Å². The van der Waals surface area contributed by atoms with E-state index in [1.54, 1.807) is 41.4 Å². The number of likely N-dealkylation sites (N-methyl/N-ethyl adjacent to an activating group) is 1. The number of hydrogen-bond donors (Lipinski definition) is 7. The number of hydrogen-bond acceptors (Lipinski definition) is 17. The van der Waals surface area contributed by atoms with Crippen LogP contribution in [0.2, 0.25) is 0 Å². The number of likely N-dealkylation sites (tertiary alicyclic amines) is 1. The summed E-state index contributed by atoms with van der Waals surface area (Å²) < 4.78 is 29.4. The molecule has 0 saturated carbocycles. The Balaban J connectivity index is 1.05. The molecule has 3 saturated heterocycles. The lowest BCUT2D eigenvalue weighted by Crippen LogP contribution is -2.68. The minimum absolute atomic E-state index is 0.0724. The molecule has 0 spiro atoms. The molecule has 22 heteroatoms. The molecule has 2 aromatic heterocycles. The van der Waals surface area contributed by atoms with Crippen molar-refractivity contribution in [3.05, 3.63) is 48.4 Å². The van der Waals surface area contributed by atoms with E-state index in [1.807, 2.05) is 18.0 Å². The van der Waals surface area contributed by atoms with Gasteiger partial charge in [-0.3, -0.25) is 19.0 Å². The molecule has 0 bridgehead atoms. The number of anilines is 2. The van der Waals surface area contributed by atoms with Crippen LogP contribution in [0.5, 0.6) is 0 Å². The van der Waals surface area contributed by atoms with Gasteiger partial charge in [-0.25, -0.2) is 14.8 Å². The molecule has 0 radical (unpaired) electrons. The second kappa shape index (κ2) is 20.9. The minimum Gasteiger partial charge on any atom is -0.394 e. The largest absolute Gasteiger partial charge is 0.394 e. The van der Waals surface area contributed by atoms with Crippen molar-refractivity contribution in [2.45, 2.75) is 101 Å². The van der Waals surface area contributed by atoms with Gasteiger partial charge in [0.2, 0.25) is 11.8 Å². The molecule has 3 fully saturated rings. The number of carbonyl (C=O) groups is 4. The molecule has 5 heterocycles. The summed E-state index contributed by atoms with van der Waals surface area (Å²) in [4.78, 5) is 64.1. The van der Waals surface area contributed by atoms with Gasteiger partial charge in [0.25, 0.3) is 5.91 Å². The average molecular weight is 882 g/mol. The van der Waals surface area contributed by atoms with Crippen LogP contribution in [0.4, 0.5) is 16.3 Å². The maximum atomic E-state index is 13.5. The number of amides is 4. The lowest BCUT2D eigenvalue weighted by molar-refractivity contribution is -0.338. The summed E-state index contributed by atoms with van der Waals surface area (Å²) in [7, 11) is 4.41. The number of carbonyl (C=O) groups excluding carboxylic acids is 4. The van der Waals surface area contributed by atoms with E-state index in [1.165, 1.54) is 32.0 Å². The highest BCUT2D eigenvalue weighted by molar-refractivity contribution is 6.00. The van der Waals surface area contributed by atoms with Gasteiger partial charge in [-0.15, -0.1) is 0 Å². The van der Waals surface area contributed by atoms with E-state index < -0.39 is 85.8 Å². The van der Waals surface area contributed by atoms with Crippen LogP contribution in [0.3, 0.4) is 0 Å². The number of nitriles is 1. The number of piperidine rings is 1. The highest BCUT2D eigenvalue weighted by Gasteiger charge is 2.53. The summed E-state index contributed by atoms with van der Waals surface area (Å²) in [5.74, 6) is -0.584. The Morgan fingerprint density at radius 3 is 2.41 bits per heavy atom. The zero-order valence-corrected chi connectivity index (χ0v) is 35.6. The standard InChI is InChI=1S/C41H55N9O13/c1-21-12-16-49(28(53)10-14-42)18-26(21)48(3)36-25-13-17-50(37(25)45-20-44-36)41(58)47-24-8-6-23(7-9-24)11-15-43-38(57)35-34(59-4)31(55)32(56)40(63-35)62-33-29(46-22(2)52)39(60-5)61-27(19-51)30(33)54/h6-9,13,17,20-21,26-27,29-35,39-40,51,54-56H,10-12,15-16,18-19H2,1-5H3,(H,43,57)(H,46,52)(H,47,58)/t21-,26+,27?,29?,30-,31-,32?,33-,34+,35?,39-,40-/m1/s1. The summed E-state index contributed by atoms with van der Waals surface area (Å²) >= 11 is 0. The summed E-state index contributed by atoms with van der Waals surface area (Å²) in [6, 6.07) is 8.98. The van der Waals surface area contributed by atoms with E-state index in [2.05, 4.69) is 32.8 Å². The summed E-state index contributed by atoms with van der Waals surface area (Å²) in [5, 5.41) is 60.5. The van der Waals surface area contributed by atoms with Gasteiger partial charge in [0.15, 0.2) is 24.3 Å². The Labute approximate surface area is 363 Å². The van der Waals surface area contributed by atoms with Crippen LogP contribution in [0, 0.1) is 17.2 Å². The normalized spacial score (nSPS) is 29.7. The Kier molecular flexibility index (Phi) is 15.6. The van der Waals surface area contributed by atoms with Crippen LogP contribution in [-0.4, -0.2) is 179 Å². The second-order valence-electron chi connectivity index (χ2n) is 15.8. The van der Waals surface area contributed by atoms with Gasteiger partial charge < -0.3 is 69.9 Å². The van der Waals surface area contributed by atoms with Gasteiger partial charge in [0, 0.05) is 59.7 Å². The van der Waals surface area contributed by atoms with Crippen LogP contribution in [0.15, 0.2) is 42.9 Å². The van der Waals surface area contributed by atoms with E-state index in [4.69, 9.17) is 28.9 Å². The lowest BCUT2D eigenvalue weighted by atomic mass is 9.92. The van der Waals surface area contributed by atoms with E-state index in [0.717, 1.165) is 12.0 Å². The van der Waals surface area contributed by atoms with Gasteiger partial charge in [0.05, 0.1) is 24.1 Å². The van der Waals surface area contributed by atoms with E-state index in [0.29, 0.717) is 42.0 Å². The highest BCUT2D eigenvalue weighted by atomic mass is 16.7. The smallest absolute Gasteiger partial charge is 0.331 e. The Bertz CT molecular complexity index is 2120. The molecule has 3 aliphatic heterocycles. The van der Waals surface area contributed by atoms with Gasteiger partial charge in [0.1, 0.15) is 61.2 Å². The molecular formula is C41H55N9O13. The Morgan fingerprint density at radius 2 is 1.75 bits per heavy atom. The number of aliphatic hydroxyl groups excluding tert-OH is 4. The zero-order chi connectivity index (χ0) is 45.5. The maximum Gasteiger partial charge on any atom is 0.331 e. The number of benzene rings is 1. The topological polar surface area (TPSA) is 292 Å². The number of aromatic nitrogens is 3. The fourth-order valence-electron chi connectivity index (χ4n) is 8.27. The SMILES string of the molecule is CO[C@@H]1OC(CO)[C@@H](O)[C@H](O[C@@H]2OC(C(=O)NCCc3ccc(NC(=O)n4ccc5c(N(C)[C@H]6CN(C(=O)CC#N)CC[C@H]6C)ncnc54)cc3)[C@@H](OC)[C@H](O)C2O)C1NC(C)=O. The van der Waals surface area contributed by atoms with Crippen LogP contribution in [0.25, 0.3) is 11.0 Å². The number of rotatable bonds is 14. The number of fused-ring (bicyclic) bond motifs is 1. The van der Waals surface area contributed by atoms with Gasteiger partial charge in [-0.05, 0) is 42.5 Å². The first-order valence-corrected chi connectivity index (χ1v) is 20.5. The first kappa shape index (κ1) is 47.1. The van der Waals surface area contributed by atoms with Crippen LogP contribution >= 0.6 is 0 Å². The van der Waals surface area contributed by atoms with E-state index in [-0.39, 0.29) is 30.8 Å². The first-order valence-electron chi connectivity index (χ1n) is 20.5. The monoisotopic (exact) mass is 881 g/mol. The molecule has 6 rings (SSSR count). The predicted molar refractivity (Wildman–Crippen MR) is 221 cm³/mol. The summed E-state index contributed by atoms with van der Waals surface area (Å²) in [5.41, 5.74) is 1.69. The zero-order valence-electron chi connectivity index (χ0n) is 35.6.